The van der Waals surface area contributed by atoms with Crippen molar-refractivity contribution < 1.29 is 14.6 Å². The van der Waals surface area contributed by atoms with Gasteiger partial charge in [-0.15, -0.1) is 0 Å². The summed E-state index contributed by atoms with van der Waals surface area (Å²) in [7, 11) is 0. The summed E-state index contributed by atoms with van der Waals surface area (Å²) in [6.07, 6.45) is 1.84. The molecule has 7 nitrogen and oxygen atoms in total. The summed E-state index contributed by atoms with van der Waals surface area (Å²) in [6.45, 7) is 3.90. The minimum atomic E-state index is -1.05. The first-order chi connectivity index (χ1) is 9.61. The first-order valence-corrected chi connectivity index (χ1v) is 6.79. The Morgan fingerprint density at radius 2 is 2.25 bits per heavy atom. The lowest BCUT2D eigenvalue weighted by molar-refractivity contribution is -0.129. The zero-order valence-corrected chi connectivity index (χ0v) is 11.5. The Morgan fingerprint density at radius 3 is 2.85 bits per heavy atom. The maximum atomic E-state index is 11.0. The largest absolute Gasteiger partial charge is 0.478 e. The molecular weight excluding hydrogens is 260 g/mol. The number of amides is 1. The van der Waals surface area contributed by atoms with Crippen molar-refractivity contribution in [3.05, 3.63) is 12.4 Å². The van der Waals surface area contributed by atoms with Crippen LogP contribution in [-0.2, 0) is 4.79 Å². The number of anilines is 1. The molecule has 0 aliphatic carbocycles. The second-order valence-corrected chi connectivity index (χ2v) is 4.82. The number of nitrogens with zero attached hydrogens (tertiary/aromatic N) is 3. The molecule has 0 radical (unpaired) electrons. The zero-order valence-electron chi connectivity index (χ0n) is 11.5. The fraction of sp³-hybridized carbons (Fsp3) is 0.615. The van der Waals surface area contributed by atoms with E-state index in [1.165, 1.54) is 6.33 Å². The average molecular weight is 280 g/mol. The van der Waals surface area contributed by atoms with Gasteiger partial charge in [0.05, 0.1) is 6.61 Å². The number of carbonyl (C=O) groups excluding carboxylic acids is 1. The monoisotopic (exact) mass is 280 g/mol. The number of hydrogen-bond acceptors (Lipinski definition) is 6. The van der Waals surface area contributed by atoms with Gasteiger partial charge < -0.3 is 20.5 Å². The van der Waals surface area contributed by atoms with Gasteiger partial charge in [0.25, 0.3) is 0 Å². The van der Waals surface area contributed by atoms with Crippen molar-refractivity contribution in [2.75, 3.05) is 24.6 Å². The van der Waals surface area contributed by atoms with Gasteiger partial charge in [-0.1, -0.05) is 0 Å². The fourth-order valence-electron chi connectivity index (χ4n) is 2.41. The molecule has 0 saturated carbocycles. The van der Waals surface area contributed by atoms with Crippen molar-refractivity contribution in [1.82, 2.24) is 9.97 Å². The summed E-state index contributed by atoms with van der Waals surface area (Å²) in [5, 5.41) is 9.68. The lowest BCUT2D eigenvalue weighted by Gasteiger charge is -2.34. The van der Waals surface area contributed by atoms with Gasteiger partial charge in [-0.25, -0.2) is 9.97 Å². The standard InChI is InChI=1S/C13H20N4O3/c1-2-20-11-7-10(15-8-16-11)17-5-3-9(4-6-17)12(18)13(14)19/h7-9,12,18H,2-6H2,1H3,(H2,14,19)/t12-/m1/s1. The first-order valence-electron chi connectivity index (χ1n) is 6.79. The van der Waals surface area contributed by atoms with Crippen LogP contribution in [0.15, 0.2) is 12.4 Å². The van der Waals surface area contributed by atoms with E-state index in [4.69, 9.17) is 10.5 Å². The summed E-state index contributed by atoms with van der Waals surface area (Å²) >= 11 is 0. The molecule has 2 heterocycles. The van der Waals surface area contributed by atoms with Crippen LogP contribution in [0.2, 0.25) is 0 Å². The van der Waals surface area contributed by atoms with Crippen molar-refractivity contribution in [2.24, 2.45) is 11.7 Å². The molecule has 1 aromatic rings. The number of hydrogen-bond donors (Lipinski definition) is 2. The number of aliphatic hydroxyl groups excluding tert-OH is 1. The Hall–Kier alpha value is -1.89. The normalized spacial score (nSPS) is 17.8. The van der Waals surface area contributed by atoms with Crippen LogP contribution < -0.4 is 15.4 Å². The van der Waals surface area contributed by atoms with E-state index in [0.29, 0.717) is 25.3 Å². The lowest BCUT2D eigenvalue weighted by atomic mass is 9.91. The third-order valence-corrected chi connectivity index (χ3v) is 3.52. The van der Waals surface area contributed by atoms with Crippen LogP contribution >= 0.6 is 0 Å². The highest BCUT2D eigenvalue weighted by Gasteiger charge is 2.28. The van der Waals surface area contributed by atoms with Gasteiger partial charge in [-0.2, -0.15) is 0 Å². The third-order valence-electron chi connectivity index (χ3n) is 3.52. The number of primary amides is 1. The fourth-order valence-corrected chi connectivity index (χ4v) is 2.41. The van der Waals surface area contributed by atoms with Gasteiger partial charge in [0.1, 0.15) is 18.2 Å². The first kappa shape index (κ1) is 14.5. The van der Waals surface area contributed by atoms with Crippen LogP contribution in [0.1, 0.15) is 19.8 Å². The van der Waals surface area contributed by atoms with Crippen molar-refractivity contribution in [3.63, 3.8) is 0 Å². The number of rotatable bonds is 5. The van der Waals surface area contributed by atoms with Crippen molar-refractivity contribution in [2.45, 2.75) is 25.9 Å². The molecule has 0 aromatic carbocycles. The molecule has 1 aliphatic rings. The second kappa shape index (κ2) is 6.51. The highest BCUT2D eigenvalue weighted by atomic mass is 16.5. The van der Waals surface area contributed by atoms with Crippen LogP contribution in [-0.4, -0.2) is 46.8 Å². The number of ether oxygens (including phenoxy) is 1. The molecule has 0 bridgehead atoms. The van der Waals surface area contributed by atoms with E-state index in [1.54, 1.807) is 6.07 Å². The van der Waals surface area contributed by atoms with E-state index in [1.807, 2.05) is 6.92 Å². The molecule has 20 heavy (non-hydrogen) atoms. The van der Waals surface area contributed by atoms with E-state index in [2.05, 4.69) is 14.9 Å². The van der Waals surface area contributed by atoms with Crippen molar-refractivity contribution >= 4 is 11.7 Å². The SMILES string of the molecule is CCOc1cc(N2CCC([C@@H](O)C(N)=O)CC2)ncn1. The third kappa shape index (κ3) is 3.36. The second-order valence-electron chi connectivity index (χ2n) is 4.82. The van der Waals surface area contributed by atoms with Crippen LogP contribution in [0.3, 0.4) is 0 Å². The van der Waals surface area contributed by atoms with E-state index < -0.39 is 12.0 Å². The summed E-state index contributed by atoms with van der Waals surface area (Å²) in [5.41, 5.74) is 5.13. The van der Waals surface area contributed by atoms with Gasteiger partial charge >= 0.3 is 0 Å². The number of aliphatic hydroxyl groups is 1. The summed E-state index contributed by atoms with van der Waals surface area (Å²) in [5.74, 6) is 0.633. The van der Waals surface area contributed by atoms with Crippen LogP contribution in [0.25, 0.3) is 0 Å². The highest BCUT2D eigenvalue weighted by Crippen LogP contribution is 2.25. The van der Waals surface area contributed by atoms with Crippen LogP contribution in [0.5, 0.6) is 5.88 Å². The molecule has 1 fully saturated rings. The molecule has 7 heteroatoms. The quantitative estimate of drug-likeness (QED) is 0.783. The molecule has 110 valence electrons. The van der Waals surface area contributed by atoms with Crippen LogP contribution in [0, 0.1) is 5.92 Å². The van der Waals surface area contributed by atoms with E-state index >= 15 is 0 Å². The number of nitrogens with two attached hydrogens (primary N) is 1. The van der Waals surface area contributed by atoms with Gasteiger partial charge in [0.2, 0.25) is 11.8 Å². The molecular formula is C13H20N4O3. The van der Waals surface area contributed by atoms with E-state index in [9.17, 15) is 9.90 Å². The Morgan fingerprint density at radius 1 is 1.55 bits per heavy atom. The zero-order chi connectivity index (χ0) is 14.5. The lowest BCUT2D eigenvalue weighted by Crippen LogP contribution is -2.43. The Bertz CT molecular complexity index is 461. The van der Waals surface area contributed by atoms with Gasteiger partial charge in [-0.05, 0) is 25.7 Å². The average Bonchev–Trinajstić information content (AvgIpc) is 2.47. The molecule has 1 saturated heterocycles. The Labute approximate surface area is 117 Å². The van der Waals surface area contributed by atoms with E-state index in [-0.39, 0.29) is 5.92 Å². The van der Waals surface area contributed by atoms with Crippen molar-refractivity contribution in [1.29, 1.82) is 0 Å². The summed E-state index contributed by atoms with van der Waals surface area (Å²) < 4.78 is 5.35. The van der Waals surface area contributed by atoms with Crippen LogP contribution in [0.4, 0.5) is 5.82 Å². The number of carbonyl (C=O) groups is 1. The molecule has 0 spiro atoms. The maximum absolute atomic E-state index is 11.0. The molecule has 3 N–H and O–H groups in total. The number of aromatic nitrogens is 2. The molecule has 1 aliphatic heterocycles. The molecule has 2 rings (SSSR count). The number of piperidine rings is 1. The predicted molar refractivity (Wildman–Crippen MR) is 73.3 cm³/mol. The minimum Gasteiger partial charge on any atom is -0.478 e. The van der Waals surface area contributed by atoms with Gasteiger partial charge in [0.15, 0.2) is 0 Å². The topological polar surface area (TPSA) is 102 Å². The maximum Gasteiger partial charge on any atom is 0.246 e. The molecule has 1 aromatic heterocycles. The highest BCUT2D eigenvalue weighted by molar-refractivity contribution is 5.78. The predicted octanol–water partition coefficient (Wildman–Crippen LogP) is -0.0621. The summed E-state index contributed by atoms with van der Waals surface area (Å²) in [4.78, 5) is 21.3. The smallest absolute Gasteiger partial charge is 0.246 e. The van der Waals surface area contributed by atoms with Gasteiger partial charge in [0, 0.05) is 19.2 Å². The minimum absolute atomic E-state index is 0.0723. The molecule has 1 atom stereocenters. The Kier molecular flexibility index (Phi) is 4.73. The Balaban J connectivity index is 1.96. The molecule has 1 amide bonds. The molecule has 0 unspecified atom stereocenters. The van der Waals surface area contributed by atoms with Gasteiger partial charge in [-0.3, -0.25) is 4.79 Å². The summed E-state index contributed by atoms with van der Waals surface area (Å²) in [6, 6.07) is 1.80. The van der Waals surface area contributed by atoms with E-state index in [0.717, 1.165) is 18.9 Å². The van der Waals surface area contributed by atoms with Crippen molar-refractivity contribution in [3.8, 4) is 5.88 Å².